The zero-order chi connectivity index (χ0) is 26.5. The molecule has 2 saturated heterocycles. The first kappa shape index (κ1) is 26.1. The van der Waals surface area contributed by atoms with Crippen LogP contribution >= 0.6 is 0 Å². The molecule has 6 fully saturated rings. The maximum atomic E-state index is 14.1. The number of ether oxygens (including phenoxy) is 3. The van der Waals surface area contributed by atoms with Crippen molar-refractivity contribution in [1.29, 1.82) is 0 Å². The molecule has 8 heteroatoms. The predicted molar refractivity (Wildman–Crippen MR) is 128 cm³/mol. The molecule has 0 radical (unpaired) electrons. The van der Waals surface area contributed by atoms with E-state index in [0.29, 0.717) is 49.9 Å². The van der Waals surface area contributed by atoms with Crippen LogP contribution in [-0.4, -0.2) is 42.5 Å². The van der Waals surface area contributed by atoms with Gasteiger partial charge in [0, 0.05) is 30.1 Å². The first-order chi connectivity index (χ1) is 17.3. The second-order valence-corrected chi connectivity index (χ2v) is 13.8. The molecule has 2 heterocycles. The van der Waals surface area contributed by atoms with Crippen molar-refractivity contribution >= 4 is 11.8 Å². The highest BCUT2D eigenvalue weighted by Crippen LogP contribution is 2.70. The van der Waals surface area contributed by atoms with Gasteiger partial charge in [-0.15, -0.1) is 0 Å². The van der Waals surface area contributed by atoms with Gasteiger partial charge in [-0.05, 0) is 80.0 Å². The summed E-state index contributed by atoms with van der Waals surface area (Å²) in [6, 6.07) is 0. The standard InChI is InChI=1S/C29H41F3O5/c1-15-7-10-28(35-14-15)16(2)24-22(37-28)12-21-19-6-5-17-11-18(36-25(34)29(30,31)32)8-9-26(17,3)20(19)13-23(33)27(21,24)4/h15-22,24H,5-14H2,1-4H3/t15?,16?,17?,18-,19?,20?,21?,22?,24?,26-,27+,28+/m0/s1. The summed E-state index contributed by atoms with van der Waals surface area (Å²) in [6.45, 7) is 9.59. The largest absolute Gasteiger partial charge is 0.490 e. The minimum atomic E-state index is -4.96. The average molecular weight is 527 g/mol. The highest BCUT2D eigenvalue weighted by Gasteiger charge is 2.71. The number of halogens is 3. The number of fused-ring (bicyclic) bond motifs is 7. The topological polar surface area (TPSA) is 61.8 Å². The lowest BCUT2D eigenvalue weighted by molar-refractivity contribution is -0.272. The third kappa shape index (κ3) is 3.70. The number of Topliss-reactive ketones (excluding diaryl/α,β-unsaturated/α-hetero) is 1. The lowest BCUT2D eigenvalue weighted by Crippen LogP contribution is -2.58. The van der Waals surface area contributed by atoms with Gasteiger partial charge < -0.3 is 14.2 Å². The number of carbonyl (C=O) groups is 2. The summed E-state index contributed by atoms with van der Waals surface area (Å²) in [4.78, 5) is 25.6. The number of rotatable bonds is 1. The molecule has 37 heavy (non-hydrogen) atoms. The normalized spacial score (nSPS) is 53.3. The molecule has 0 amide bonds. The number of hydrogen-bond donors (Lipinski definition) is 0. The van der Waals surface area contributed by atoms with E-state index in [1.807, 2.05) is 0 Å². The molecule has 0 aromatic heterocycles. The van der Waals surface area contributed by atoms with Crippen molar-refractivity contribution < 1.29 is 37.0 Å². The second kappa shape index (κ2) is 8.42. The van der Waals surface area contributed by atoms with Gasteiger partial charge in [0.15, 0.2) is 5.79 Å². The summed E-state index contributed by atoms with van der Waals surface area (Å²) in [5.41, 5.74) is -0.529. The van der Waals surface area contributed by atoms with Gasteiger partial charge in [0.25, 0.3) is 0 Å². The van der Waals surface area contributed by atoms with Crippen molar-refractivity contribution in [3.8, 4) is 0 Å². The van der Waals surface area contributed by atoms with E-state index in [1.54, 1.807) is 0 Å². The highest BCUT2D eigenvalue weighted by molar-refractivity contribution is 5.87. The first-order valence-corrected chi connectivity index (χ1v) is 14.4. The molecule has 2 aliphatic heterocycles. The third-order valence-corrected chi connectivity index (χ3v) is 12.3. The first-order valence-electron chi connectivity index (χ1n) is 14.4. The van der Waals surface area contributed by atoms with E-state index in [-0.39, 0.29) is 41.1 Å². The van der Waals surface area contributed by atoms with Gasteiger partial charge in [0.1, 0.15) is 11.9 Å². The Balaban J connectivity index is 1.20. The second-order valence-electron chi connectivity index (χ2n) is 13.8. The molecule has 6 rings (SSSR count). The number of alkyl halides is 3. The summed E-state index contributed by atoms with van der Waals surface area (Å²) in [6.07, 6.45) is 1.28. The molecule has 208 valence electrons. The van der Waals surface area contributed by atoms with E-state index in [9.17, 15) is 22.8 Å². The van der Waals surface area contributed by atoms with Crippen molar-refractivity contribution in [2.75, 3.05) is 6.61 Å². The molecule has 0 aromatic carbocycles. The summed E-state index contributed by atoms with van der Waals surface area (Å²) in [5, 5.41) is 0. The SMILES string of the molecule is CC1CC[C@@]2(OC1)OC1CC3C4CCC5C[C@@H](OC(=O)C(F)(F)F)CC[C@]5(C)C4CC(=O)[C@]3(C)C1C2C. The Morgan fingerprint density at radius 3 is 2.46 bits per heavy atom. The van der Waals surface area contributed by atoms with Crippen molar-refractivity contribution in [2.24, 2.45) is 52.3 Å². The Hall–Kier alpha value is -1.15. The van der Waals surface area contributed by atoms with Crippen LogP contribution in [-0.2, 0) is 23.8 Å². The van der Waals surface area contributed by atoms with Gasteiger partial charge in [-0.2, -0.15) is 13.2 Å². The fraction of sp³-hybridized carbons (Fsp3) is 0.931. The smallest absolute Gasteiger partial charge is 0.456 e. The fourth-order valence-corrected chi connectivity index (χ4v) is 10.2. The Kier molecular flexibility index (Phi) is 5.94. The minimum absolute atomic E-state index is 0.0455. The van der Waals surface area contributed by atoms with E-state index < -0.39 is 29.5 Å². The molecule has 6 aliphatic rings. The maximum absolute atomic E-state index is 14.1. The van der Waals surface area contributed by atoms with Gasteiger partial charge in [-0.3, -0.25) is 4.79 Å². The quantitative estimate of drug-likeness (QED) is 0.387. The van der Waals surface area contributed by atoms with Crippen molar-refractivity contribution in [3.05, 3.63) is 0 Å². The fourth-order valence-electron chi connectivity index (χ4n) is 10.2. The molecule has 1 spiro atoms. The summed E-state index contributed by atoms with van der Waals surface area (Å²) in [7, 11) is 0. The zero-order valence-electron chi connectivity index (χ0n) is 22.4. The highest BCUT2D eigenvalue weighted by atomic mass is 19.4. The van der Waals surface area contributed by atoms with E-state index >= 15 is 0 Å². The molecule has 0 bridgehead atoms. The molecule has 4 saturated carbocycles. The molecule has 8 unspecified atom stereocenters. The molecule has 0 N–H and O–H groups in total. The Labute approximate surface area is 217 Å². The van der Waals surface area contributed by atoms with Crippen molar-refractivity contribution in [2.45, 2.75) is 110 Å². The number of hydrogen-bond acceptors (Lipinski definition) is 5. The molecule has 12 atom stereocenters. The molecule has 0 aromatic rings. The molecular weight excluding hydrogens is 485 g/mol. The Bertz CT molecular complexity index is 958. The Morgan fingerprint density at radius 1 is 1.03 bits per heavy atom. The van der Waals surface area contributed by atoms with Crippen LogP contribution in [0.2, 0.25) is 0 Å². The van der Waals surface area contributed by atoms with Gasteiger partial charge in [-0.25, -0.2) is 4.79 Å². The number of ketones is 1. The monoisotopic (exact) mass is 526 g/mol. The summed E-state index contributed by atoms with van der Waals surface area (Å²) < 4.78 is 56.3. The maximum Gasteiger partial charge on any atom is 0.490 e. The average Bonchev–Trinajstić information content (AvgIpc) is 3.27. The van der Waals surface area contributed by atoms with E-state index in [4.69, 9.17) is 14.2 Å². The van der Waals surface area contributed by atoms with Crippen LogP contribution in [0.3, 0.4) is 0 Å². The van der Waals surface area contributed by atoms with Gasteiger partial charge in [0.2, 0.25) is 0 Å². The molecule has 4 aliphatic carbocycles. The Morgan fingerprint density at radius 2 is 1.78 bits per heavy atom. The van der Waals surface area contributed by atoms with E-state index in [0.717, 1.165) is 32.1 Å². The predicted octanol–water partition coefficient (Wildman–Crippen LogP) is 6.09. The van der Waals surface area contributed by atoms with E-state index in [2.05, 4.69) is 27.7 Å². The van der Waals surface area contributed by atoms with Crippen molar-refractivity contribution in [3.63, 3.8) is 0 Å². The van der Waals surface area contributed by atoms with Crippen LogP contribution in [0.15, 0.2) is 0 Å². The summed E-state index contributed by atoms with van der Waals surface area (Å²) in [5.74, 6) is -0.331. The van der Waals surface area contributed by atoms with Crippen LogP contribution in [0.25, 0.3) is 0 Å². The molecular formula is C29H41F3O5. The third-order valence-electron chi connectivity index (χ3n) is 12.3. The van der Waals surface area contributed by atoms with Crippen LogP contribution in [0.4, 0.5) is 13.2 Å². The van der Waals surface area contributed by atoms with E-state index in [1.165, 1.54) is 0 Å². The van der Waals surface area contributed by atoms with Crippen LogP contribution in [0.5, 0.6) is 0 Å². The minimum Gasteiger partial charge on any atom is -0.456 e. The van der Waals surface area contributed by atoms with Gasteiger partial charge in [-0.1, -0.05) is 27.7 Å². The van der Waals surface area contributed by atoms with Crippen LogP contribution < -0.4 is 0 Å². The van der Waals surface area contributed by atoms with Gasteiger partial charge >= 0.3 is 12.1 Å². The number of esters is 1. The lowest BCUT2D eigenvalue weighted by Gasteiger charge is -2.60. The van der Waals surface area contributed by atoms with Crippen molar-refractivity contribution in [1.82, 2.24) is 0 Å². The van der Waals surface area contributed by atoms with Crippen LogP contribution in [0.1, 0.15) is 85.5 Å². The van der Waals surface area contributed by atoms with Crippen LogP contribution in [0, 0.1) is 52.3 Å². The van der Waals surface area contributed by atoms with Gasteiger partial charge in [0.05, 0.1) is 12.7 Å². The number of carbonyl (C=O) groups excluding carboxylic acids is 2. The summed E-state index contributed by atoms with van der Waals surface area (Å²) >= 11 is 0. The molecule has 5 nitrogen and oxygen atoms in total. The zero-order valence-corrected chi connectivity index (χ0v) is 22.4. The lowest BCUT2D eigenvalue weighted by atomic mass is 9.44.